The van der Waals surface area contributed by atoms with Crippen molar-refractivity contribution >= 4 is 29.8 Å². The first-order valence-electron chi connectivity index (χ1n) is 26.6. The van der Waals surface area contributed by atoms with Gasteiger partial charge in [0.25, 0.3) is 0 Å². The minimum atomic E-state index is -0.825. The minimum absolute atomic E-state index is 0.0948. The van der Waals surface area contributed by atoms with E-state index in [9.17, 15) is 29.1 Å². The lowest BCUT2D eigenvalue weighted by Crippen LogP contribution is -2.43. The summed E-state index contributed by atoms with van der Waals surface area (Å²) in [6.07, 6.45) is 15.5. The summed E-state index contributed by atoms with van der Waals surface area (Å²) >= 11 is 0. The van der Waals surface area contributed by atoms with E-state index >= 15 is 0 Å². The Morgan fingerprint density at radius 1 is 0.529 bits per heavy atom. The van der Waals surface area contributed by atoms with E-state index in [1.54, 1.807) is 6.92 Å². The number of amides is 1. The molecule has 0 saturated heterocycles. The number of nitrogens with zero attached hydrogens (tertiary/aromatic N) is 2. The van der Waals surface area contributed by atoms with Crippen LogP contribution in [0, 0.1) is 107 Å². The number of hydrogen-bond acceptors (Lipinski definition) is 11. The molecule has 9 aliphatic carbocycles. The highest BCUT2D eigenvalue weighted by Gasteiger charge is 2.58. The van der Waals surface area contributed by atoms with E-state index in [2.05, 4.69) is 26.3 Å². The SMILES string of the molecule is C=CC(=O)OCC1CC2CC1C1CC(COC(=O)CCN(CC3CC4C5CC(CN(CCC(=O)OCC6CC7C8CC(COC(=O)C=C)C(C8)C7C6)C(O)C(=C)C)C(C5)C4C3)C(=O)C(=C)C)CC21. The zero-order chi connectivity index (χ0) is 48.0. The molecule has 374 valence electrons. The predicted molar refractivity (Wildman–Crippen MR) is 255 cm³/mol. The smallest absolute Gasteiger partial charge is 0.330 e. The molecule has 9 rings (SSSR count). The largest absolute Gasteiger partial charge is 0.465 e. The molecule has 0 aromatic rings. The zero-order valence-electron chi connectivity index (χ0n) is 41.0. The van der Waals surface area contributed by atoms with Crippen LogP contribution in [0.4, 0.5) is 0 Å². The van der Waals surface area contributed by atoms with E-state index in [1.807, 2.05) is 16.7 Å². The van der Waals surface area contributed by atoms with Crippen LogP contribution in [0.1, 0.15) is 104 Å². The van der Waals surface area contributed by atoms with Crippen LogP contribution >= 0.6 is 0 Å². The highest BCUT2D eigenvalue weighted by molar-refractivity contribution is 5.92. The number of aliphatic hydroxyl groups excluding tert-OH is 1. The fourth-order valence-electron chi connectivity index (χ4n) is 17.3. The van der Waals surface area contributed by atoms with Gasteiger partial charge in [0.1, 0.15) is 6.23 Å². The Morgan fingerprint density at radius 2 is 0.956 bits per heavy atom. The summed E-state index contributed by atoms with van der Waals surface area (Å²) in [6.45, 7) is 22.6. The maximum atomic E-state index is 13.5. The van der Waals surface area contributed by atoms with Crippen molar-refractivity contribution in [3.05, 3.63) is 49.6 Å². The van der Waals surface area contributed by atoms with Crippen molar-refractivity contribution in [2.75, 3.05) is 52.6 Å². The maximum Gasteiger partial charge on any atom is 0.330 e. The van der Waals surface area contributed by atoms with Crippen molar-refractivity contribution in [3.8, 4) is 0 Å². The van der Waals surface area contributed by atoms with Crippen molar-refractivity contribution in [2.24, 2.45) is 107 Å². The van der Waals surface area contributed by atoms with Gasteiger partial charge in [0.15, 0.2) is 0 Å². The molecular weight excluding hydrogens is 861 g/mol. The third-order valence-electron chi connectivity index (χ3n) is 19.9. The van der Waals surface area contributed by atoms with Gasteiger partial charge in [-0.1, -0.05) is 26.3 Å². The Labute approximate surface area is 405 Å². The number of rotatable bonds is 23. The molecule has 6 bridgehead atoms. The van der Waals surface area contributed by atoms with Gasteiger partial charge in [-0.3, -0.25) is 19.3 Å². The van der Waals surface area contributed by atoms with Crippen molar-refractivity contribution in [2.45, 2.75) is 110 Å². The molecule has 12 nitrogen and oxygen atoms in total. The fraction of sp³-hybridized carbons (Fsp3) is 0.768. The number of esters is 4. The Morgan fingerprint density at radius 3 is 1.43 bits per heavy atom. The van der Waals surface area contributed by atoms with Gasteiger partial charge >= 0.3 is 23.9 Å². The van der Waals surface area contributed by atoms with Gasteiger partial charge in [0.05, 0.1) is 39.3 Å². The van der Waals surface area contributed by atoms with Crippen LogP contribution in [-0.4, -0.2) is 104 Å². The van der Waals surface area contributed by atoms with Crippen LogP contribution in [0.5, 0.6) is 0 Å². The van der Waals surface area contributed by atoms with Crippen molar-refractivity contribution in [1.29, 1.82) is 0 Å². The Bertz CT molecular complexity index is 1970. The number of carbonyl (C=O) groups is 5. The number of carbonyl (C=O) groups excluding carboxylic acids is 5. The Kier molecular flexibility index (Phi) is 15.1. The molecule has 68 heavy (non-hydrogen) atoms. The number of fused-ring (bicyclic) bond motifs is 15. The van der Waals surface area contributed by atoms with Crippen LogP contribution in [-0.2, 0) is 42.9 Å². The van der Waals surface area contributed by atoms with Crippen LogP contribution < -0.4 is 0 Å². The summed E-state index contributed by atoms with van der Waals surface area (Å²) in [6, 6.07) is 0. The molecule has 9 saturated carbocycles. The standard InChI is InChI=1S/C56H80N2O10/c1-7-51(59)67-29-40-20-37-23-46(40)49-17-34(15-43(37)49)27-65-53(61)9-11-57(55(63)31(3)4)25-33-13-42-36-19-39(45(22-36)48(42)14-33)26-58(56(64)32(5)6)12-10-54(62)66-28-35-16-44-38-21-41(30-68-52(60)8-2)47(24-38)50(44)18-35/h7-8,33-50,56,64H,1-3,5,9-30H2,4,6H3. The molecule has 1 N–H and O–H groups in total. The minimum Gasteiger partial charge on any atom is -0.465 e. The van der Waals surface area contributed by atoms with Gasteiger partial charge in [-0.25, -0.2) is 9.59 Å². The van der Waals surface area contributed by atoms with Gasteiger partial charge in [-0.15, -0.1) is 0 Å². The highest BCUT2D eigenvalue weighted by Crippen LogP contribution is 2.64. The molecular formula is C56H80N2O10. The molecule has 0 spiro atoms. The first-order valence-corrected chi connectivity index (χ1v) is 26.6. The third kappa shape index (κ3) is 10.3. The second-order valence-electron chi connectivity index (χ2n) is 23.7. The second kappa shape index (κ2) is 20.9. The van der Waals surface area contributed by atoms with Crippen LogP contribution in [0.25, 0.3) is 0 Å². The lowest BCUT2D eigenvalue weighted by molar-refractivity contribution is -0.147. The topological polar surface area (TPSA) is 149 Å². The van der Waals surface area contributed by atoms with Gasteiger partial charge in [-0.2, -0.15) is 0 Å². The van der Waals surface area contributed by atoms with Gasteiger partial charge in [0, 0.05) is 43.9 Å². The van der Waals surface area contributed by atoms with E-state index in [0.29, 0.717) is 170 Å². The van der Waals surface area contributed by atoms with E-state index in [-0.39, 0.29) is 42.6 Å². The normalized spacial score (nSPS) is 39.0. The van der Waals surface area contributed by atoms with E-state index in [1.165, 1.54) is 31.4 Å². The monoisotopic (exact) mass is 941 g/mol. The van der Waals surface area contributed by atoms with Crippen LogP contribution in [0.2, 0.25) is 0 Å². The molecule has 0 aromatic carbocycles. The van der Waals surface area contributed by atoms with Gasteiger partial charge in [0.2, 0.25) is 5.91 Å². The molecule has 0 heterocycles. The lowest BCUT2D eigenvalue weighted by Gasteiger charge is -2.37. The summed E-state index contributed by atoms with van der Waals surface area (Å²) in [7, 11) is 0. The molecule has 0 aliphatic heterocycles. The van der Waals surface area contributed by atoms with Crippen LogP contribution in [0.3, 0.4) is 0 Å². The van der Waals surface area contributed by atoms with Crippen LogP contribution in [0.15, 0.2) is 49.6 Å². The number of ether oxygens (including phenoxy) is 4. The van der Waals surface area contributed by atoms with E-state index in [4.69, 9.17) is 18.9 Å². The summed E-state index contributed by atoms with van der Waals surface area (Å²) in [4.78, 5) is 67.2. The quantitative estimate of drug-likeness (QED) is 0.0352. The Hall–Kier alpha value is -3.77. The first-order chi connectivity index (χ1) is 32.7. The van der Waals surface area contributed by atoms with Crippen molar-refractivity contribution in [3.63, 3.8) is 0 Å². The summed E-state index contributed by atoms with van der Waals surface area (Å²) in [5.41, 5.74) is 1.15. The highest BCUT2D eigenvalue weighted by atomic mass is 16.5. The summed E-state index contributed by atoms with van der Waals surface area (Å²) < 4.78 is 22.7. The molecule has 0 radical (unpaired) electrons. The average Bonchev–Trinajstić information content (AvgIpc) is 4.18. The summed E-state index contributed by atoms with van der Waals surface area (Å²) in [5.74, 6) is 8.58. The van der Waals surface area contributed by atoms with Crippen molar-refractivity contribution in [1.82, 2.24) is 9.80 Å². The molecule has 9 aliphatic rings. The molecule has 19 unspecified atom stereocenters. The van der Waals surface area contributed by atoms with Crippen molar-refractivity contribution < 1.29 is 48.0 Å². The van der Waals surface area contributed by atoms with Gasteiger partial charge < -0.3 is 29.0 Å². The van der Waals surface area contributed by atoms with Gasteiger partial charge in [-0.05, 0) is 203 Å². The predicted octanol–water partition coefficient (Wildman–Crippen LogP) is 7.81. The average molecular weight is 941 g/mol. The zero-order valence-corrected chi connectivity index (χ0v) is 41.0. The second-order valence-corrected chi connectivity index (χ2v) is 23.7. The molecule has 12 heteroatoms. The fourth-order valence-corrected chi connectivity index (χ4v) is 17.3. The summed E-state index contributed by atoms with van der Waals surface area (Å²) in [5, 5.41) is 11.3. The first kappa shape index (κ1) is 49.2. The Balaban J connectivity index is 0.705. The third-order valence-corrected chi connectivity index (χ3v) is 19.9. The molecule has 19 atom stereocenters. The maximum absolute atomic E-state index is 13.5. The molecule has 1 amide bonds. The molecule has 0 aromatic heterocycles. The van der Waals surface area contributed by atoms with E-state index in [0.717, 1.165) is 57.8 Å². The number of hydrogen-bond donors (Lipinski definition) is 1. The lowest BCUT2D eigenvalue weighted by atomic mass is 9.75. The number of aliphatic hydroxyl groups is 1. The molecule has 9 fully saturated rings. The van der Waals surface area contributed by atoms with E-state index < -0.39 is 6.23 Å².